The molecule has 0 radical (unpaired) electrons. The topological polar surface area (TPSA) is 21.6 Å². The van der Waals surface area contributed by atoms with E-state index in [1.54, 1.807) is 0 Å². The van der Waals surface area contributed by atoms with Crippen LogP contribution in [0, 0.1) is 6.92 Å². The average Bonchev–Trinajstić information content (AvgIpc) is 2.15. The Morgan fingerprint density at radius 1 is 1.29 bits per heavy atom. The Hall–Kier alpha value is -0.580. The number of aryl methyl sites for hydroxylation is 1. The second-order valence-corrected chi connectivity index (χ2v) is 4.42. The molecule has 14 heavy (non-hydrogen) atoms. The Kier molecular flexibility index (Phi) is 4.38. The predicted octanol–water partition coefficient (Wildman–Crippen LogP) is 3.52. The minimum atomic E-state index is 0.130. The second kappa shape index (κ2) is 5.34. The lowest BCUT2D eigenvalue weighted by molar-refractivity contribution is 0.0871. The van der Waals surface area contributed by atoms with Gasteiger partial charge in [-0.05, 0) is 43.4 Å². The molecule has 0 fully saturated rings. The summed E-state index contributed by atoms with van der Waals surface area (Å²) in [6, 6.07) is 8.23. The summed E-state index contributed by atoms with van der Waals surface area (Å²) < 4.78 is 0.885. The monoisotopic (exact) mass is 303 g/mol. The van der Waals surface area contributed by atoms with E-state index in [9.17, 15) is 0 Å². The number of nitrogens with zero attached hydrogens (tertiary/aromatic N) is 1. The summed E-state index contributed by atoms with van der Waals surface area (Å²) in [4.78, 5) is 5.17. The van der Waals surface area contributed by atoms with Crippen LogP contribution in [0.5, 0.6) is 0 Å². The summed E-state index contributed by atoms with van der Waals surface area (Å²) in [6.45, 7) is 5.99. The van der Waals surface area contributed by atoms with Crippen molar-refractivity contribution < 1.29 is 4.84 Å². The quantitative estimate of drug-likeness (QED) is 0.476. The molecule has 0 bridgehead atoms. The first-order valence-electron chi connectivity index (χ1n) is 4.56. The molecule has 0 amide bonds. The molecule has 2 nitrogen and oxygen atoms in total. The van der Waals surface area contributed by atoms with E-state index in [2.05, 4.69) is 46.8 Å². The lowest BCUT2D eigenvalue weighted by Gasteiger charge is -2.03. The summed E-state index contributed by atoms with van der Waals surface area (Å²) in [5.41, 5.74) is 2.35. The van der Waals surface area contributed by atoms with Gasteiger partial charge in [-0.2, -0.15) is 0 Å². The average molecular weight is 303 g/mol. The zero-order valence-electron chi connectivity index (χ0n) is 8.62. The summed E-state index contributed by atoms with van der Waals surface area (Å²) in [5.74, 6) is 0. The van der Waals surface area contributed by atoms with E-state index in [1.165, 1.54) is 5.56 Å². The fraction of sp³-hybridized carbons (Fsp3) is 0.364. The minimum Gasteiger partial charge on any atom is -0.392 e. The van der Waals surface area contributed by atoms with Crippen molar-refractivity contribution >= 4 is 26.3 Å². The normalized spacial score (nSPS) is 11.9. The van der Waals surface area contributed by atoms with Gasteiger partial charge in [0, 0.05) is 5.56 Å². The van der Waals surface area contributed by atoms with Crippen molar-refractivity contribution in [1.29, 1.82) is 0 Å². The number of halogens is 1. The highest BCUT2D eigenvalue weighted by atomic mass is 127. The maximum absolute atomic E-state index is 5.17. The molecule has 1 rings (SSSR count). The number of hydrogen-bond acceptors (Lipinski definition) is 2. The van der Waals surface area contributed by atoms with Crippen molar-refractivity contribution in [3.05, 3.63) is 35.4 Å². The molecular weight excluding hydrogens is 289 g/mol. The van der Waals surface area contributed by atoms with E-state index in [0.29, 0.717) is 0 Å². The molecule has 0 saturated heterocycles. The first kappa shape index (κ1) is 11.5. The van der Waals surface area contributed by atoms with Gasteiger partial charge in [0.2, 0.25) is 0 Å². The number of oxime groups is 1. The third kappa shape index (κ3) is 3.65. The van der Waals surface area contributed by atoms with E-state index in [-0.39, 0.29) is 6.10 Å². The van der Waals surface area contributed by atoms with Crippen LogP contribution in [-0.4, -0.2) is 9.82 Å². The van der Waals surface area contributed by atoms with Crippen LogP contribution in [0.2, 0.25) is 0 Å². The van der Waals surface area contributed by atoms with Crippen molar-refractivity contribution in [1.82, 2.24) is 0 Å². The zero-order chi connectivity index (χ0) is 10.6. The van der Waals surface area contributed by atoms with Crippen LogP contribution < -0.4 is 0 Å². The van der Waals surface area contributed by atoms with Crippen LogP contribution in [0.3, 0.4) is 0 Å². The molecule has 0 spiro atoms. The molecule has 3 heteroatoms. The van der Waals surface area contributed by atoms with Crippen molar-refractivity contribution in [2.45, 2.75) is 26.9 Å². The number of benzene rings is 1. The van der Waals surface area contributed by atoms with Gasteiger partial charge in [0.25, 0.3) is 0 Å². The number of hydrogen-bond donors (Lipinski definition) is 0. The Balaban J connectivity index is 2.73. The van der Waals surface area contributed by atoms with Crippen molar-refractivity contribution in [3.8, 4) is 0 Å². The van der Waals surface area contributed by atoms with Gasteiger partial charge in [-0.3, -0.25) is 0 Å². The fourth-order valence-electron chi connectivity index (χ4n) is 0.895. The number of rotatable bonds is 3. The van der Waals surface area contributed by atoms with E-state index in [4.69, 9.17) is 4.84 Å². The highest BCUT2D eigenvalue weighted by Crippen LogP contribution is 2.10. The van der Waals surface area contributed by atoms with Gasteiger partial charge in [-0.1, -0.05) is 35.0 Å². The minimum absolute atomic E-state index is 0.130. The maximum atomic E-state index is 5.17. The van der Waals surface area contributed by atoms with Gasteiger partial charge in [-0.25, -0.2) is 0 Å². The van der Waals surface area contributed by atoms with E-state index >= 15 is 0 Å². The first-order chi connectivity index (χ1) is 6.59. The van der Waals surface area contributed by atoms with Crippen LogP contribution in [0.1, 0.15) is 25.0 Å². The van der Waals surface area contributed by atoms with Gasteiger partial charge in [0.1, 0.15) is 9.82 Å². The third-order valence-electron chi connectivity index (χ3n) is 1.63. The van der Waals surface area contributed by atoms with Crippen molar-refractivity contribution in [2.75, 3.05) is 0 Å². The largest absolute Gasteiger partial charge is 0.392 e. The smallest absolute Gasteiger partial charge is 0.147 e. The maximum Gasteiger partial charge on any atom is 0.147 e. The second-order valence-electron chi connectivity index (χ2n) is 3.40. The first-order valence-corrected chi connectivity index (χ1v) is 5.64. The Morgan fingerprint density at radius 2 is 1.86 bits per heavy atom. The molecule has 0 N–H and O–H groups in total. The summed E-state index contributed by atoms with van der Waals surface area (Å²) >= 11 is 2.18. The zero-order valence-corrected chi connectivity index (χ0v) is 10.8. The third-order valence-corrected chi connectivity index (χ3v) is 2.45. The molecular formula is C11H14INO. The molecule has 0 aromatic heterocycles. The molecule has 0 heterocycles. The lowest BCUT2D eigenvalue weighted by Crippen LogP contribution is -1.99. The molecule has 0 saturated carbocycles. The Labute approximate surface area is 98.5 Å². The Morgan fingerprint density at radius 3 is 2.36 bits per heavy atom. The highest BCUT2D eigenvalue weighted by Gasteiger charge is 1.99. The van der Waals surface area contributed by atoms with Gasteiger partial charge < -0.3 is 4.84 Å². The molecule has 0 aliphatic carbocycles. The summed E-state index contributed by atoms with van der Waals surface area (Å²) in [6.07, 6.45) is 0.130. The van der Waals surface area contributed by atoms with Gasteiger partial charge in [0.05, 0.1) is 0 Å². The van der Waals surface area contributed by atoms with E-state index < -0.39 is 0 Å². The Bertz CT molecular complexity index is 317. The van der Waals surface area contributed by atoms with Crippen molar-refractivity contribution in [2.24, 2.45) is 5.16 Å². The fourth-order valence-corrected chi connectivity index (χ4v) is 1.37. The van der Waals surface area contributed by atoms with Crippen LogP contribution in [0.4, 0.5) is 0 Å². The summed E-state index contributed by atoms with van der Waals surface area (Å²) in [7, 11) is 0. The van der Waals surface area contributed by atoms with E-state index in [1.807, 2.05) is 26.0 Å². The van der Waals surface area contributed by atoms with Crippen LogP contribution in [0.25, 0.3) is 0 Å². The van der Waals surface area contributed by atoms with Gasteiger partial charge in [0.15, 0.2) is 0 Å². The molecule has 0 aliphatic rings. The van der Waals surface area contributed by atoms with E-state index in [0.717, 1.165) is 9.28 Å². The van der Waals surface area contributed by atoms with Gasteiger partial charge in [-0.15, -0.1) is 0 Å². The molecule has 76 valence electrons. The van der Waals surface area contributed by atoms with Crippen LogP contribution >= 0.6 is 22.6 Å². The molecule has 0 atom stereocenters. The highest BCUT2D eigenvalue weighted by molar-refractivity contribution is 14.1. The van der Waals surface area contributed by atoms with Crippen molar-refractivity contribution in [3.63, 3.8) is 0 Å². The van der Waals surface area contributed by atoms with Gasteiger partial charge >= 0.3 is 0 Å². The molecule has 1 aromatic carbocycles. The van der Waals surface area contributed by atoms with Crippen LogP contribution in [0.15, 0.2) is 29.4 Å². The molecule has 0 aliphatic heterocycles. The SMILES string of the molecule is Cc1ccc(/C(I)=N/OC(C)C)cc1. The molecule has 1 aromatic rings. The predicted molar refractivity (Wildman–Crippen MR) is 68.0 cm³/mol. The standard InChI is InChI=1S/C11H14INO/c1-8(2)14-13-11(12)10-6-4-9(3)5-7-10/h4-8H,1-3H3/b13-11-. The molecule has 0 unspecified atom stereocenters. The lowest BCUT2D eigenvalue weighted by atomic mass is 10.2. The summed E-state index contributed by atoms with van der Waals surface area (Å²) in [5, 5.41) is 4.03. The van der Waals surface area contributed by atoms with Crippen LogP contribution in [-0.2, 0) is 4.84 Å².